The molecule has 1 aromatic heterocycles. The zero-order valence-corrected chi connectivity index (χ0v) is 12.6. The van der Waals surface area contributed by atoms with Gasteiger partial charge in [0.15, 0.2) is 0 Å². The number of methoxy groups -OCH3 is 1. The zero-order valence-electron chi connectivity index (χ0n) is 11.0. The van der Waals surface area contributed by atoms with Crippen molar-refractivity contribution in [2.75, 3.05) is 12.4 Å². The lowest BCUT2D eigenvalue weighted by Crippen LogP contribution is -2.16. The number of aromatic nitrogens is 1. The van der Waals surface area contributed by atoms with Gasteiger partial charge in [-0.3, -0.25) is 4.79 Å². The van der Waals surface area contributed by atoms with Gasteiger partial charge in [0.1, 0.15) is 23.2 Å². The number of ether oxygens (including phenoxy) is 1. The van der Waals surface area contributed by atoms with Gasteiger partial charge in [-0.2, -0.15) is 5.26 Å². The maximum Gasteiger partial charge on any atom is 0.272 e. The number of nitrogens with zero attached hydrogens (tertiary/aromatic N) is 2. The molecule has 0 saturated carbocycles. The third-order valence-electron chi connectivity index (χ3n) is 2.81. The Kier molecular flexibility index (Phi) is 4.11. The Labute approximate surface area is 124 Å². The molecule has 2 aromatic rings. The van der Waals surface area contributed by atoms with Crippen molar-refractivity contribution in [1.82, 2.24) is 4.57 Å². The van der Waals surface area contributed by atoms with Crippen LogP contribution in [0.5, 0.6) is 5.75 Å². The van der Waals surface area contributed by atoms with E-state index in [0.717, 1.165) is 4.47 Å². The van der Waals surface area contributed by atoms with Crippen molar-refractivity contribution in [2.45, 2.75) is 0 Å². The number of para-hydroxylation sites is 1. The standard InChI is InChI=1S/C14H12BrN3O2/c1-18-8-10(15)6-11(18)14(19)17-13-9(7-16)4-3-5-12(13)20-2/h3-6,8H,1-2H3,(H,17,19). The van der Waals surface area contributed by atoms with Gasteiger partial charge in [-0.05, 0) is 34.1 Å². The normalized spacial score (nSPS) is 9.90. The molecule has 1 heterocycles. The smallest absolute Gasteiger partial charge is 0.272 e. The lowest BCUT2D eigenvalue weighted by Gasteiger charge is -2.11. The van der Waals surface area contributed by atoms with Gasteiger partial charge in [-0.1, -0.05) is 6.07 Å². The average Bonchev–Trinajstić information content (AvgIpc) is 2.78. The number of hydrogen-bond acceptors (Lipinski definition) is 3. The van der Waals surface area contributed by atoms with E-state index in [4.69, 9.17) is 10.00 Å². The van der Waals surface area contributed by atoms with Gasteiger partial charge in [0.05, 0.1) is 12.7 Å². The molecule has 0 aliphatic carbocycles. The number of nitriles is 1. The first-order chi connectivity index (χ1) is 9.56. The summed E-state index contributed by atoms with van der Waals surface area (Å²) in [7, 11) is 3.26. The molecule has 5 nitrogen and oxygen atoms in total. The molecule has 0 radical (unpaired) electrons. The second-order valence-electron chi connectivity index (χ2n) is 4.10. The van der Waals surface area contributed by atoms with Crippen molar-refractivity contribution in [3.8, 4) is 11.8 Å². The van der Waals surface area contributed by atoms with Crippen molar-refractivity contribution in [2.24, 2.45) is 7.05 Å². The fourth-order valence-corrected chi connectivity index (χ4v) is 2.37. The molecule has 1 aromatic carbocycles. The zero-order chi connectivity index (χ0) is 14.7. The number of carbonyl (C=O) groups is 1. The van der Waals surface area contributed by atoms with Gasteiger partial charge in [-0.15, -0.1) is 0 Å². The summed E-state index contributed by atoms with van der Waals surface area (Å²) in [5.41, 5.74) is 1.21. The summed E-state index contributed by atoms with van der Waals surface area (Å²) < 4.78 is 7.68. The molecule has 1 amide bonds. The molecule has 2 rings (SSSR count). The van der Waals surface area contributed by atoms with Gasteiger partial charge in [0.25, 0.3) is 5.91 Å². The Morgan fingerprint density at radius 1 is 1.50 bits per heavy atom. The number of carbonyl (C=O) groups excluding carboxylic acids is 1. The van der Waals surface area contributed by atoms with Gasteiger partial charge in [-0.25, -0.2) is 0 Å². The van der Waals surface area contributed by atoms with E-state index in [2.05, 4.69) is 21.2 Å². The van der Waals surface area contributed by atoms with E-state index in [1.54, 1.807) is 42.1 Å². The number of aryl methyl sites for hydroxylation is 1. The quantitative estimate of drug-likeness (QED) is 0.938. The predicted molar refractivity (Wildman–Crippen MR) is 78.8 cm³/mol. The van der Waals surface area contributed by atoms with Crippen molar-refractivity contribution in [3.05, 3.63) is 46.2 Å². The van der Waals surface area contributed by atoms with Crippen LogP contribution in [-0.4, -0.2) is 17.6 Å². The van der Waals surface area contributed by atoms with Crippen LogP contribution in [0.15, 0.2) is 34.9 Å². The molecule has 0 atom stereocenters. The molecule has 20 heavy (non-hydrogen) atoms. The van der Waals surface area contributed by atoms with Crippen LogP contribution in [0.3, 0.4) is 0 Å². The molecule has 0 unspecified atom stereocenters. The van der Waals surface area contributed by atoms with Gasteiger partial charge >= 0.3 is 0 Å². The van der Waals surface area contributed by atoms with E-state index in [1.165, 1.54) is 7.11 Å². The Bertz CT molecular complexity index is 701. The fourth-order valence-electron chi connectivity index (χ4n) is 1.85. The van der Waals surface area contributed by atoms with E-state index in [9.17, 15) is 4.79 Å². The minimum atomic E-state index is -0.306. The van der Waals surface area contributed by atoms with Crippen molar-refractivity contribution in [3.63, 3.8) is 0 Å². The van der Waals surface area contributed by atoms with Crippen LogP contribution < -0.4 is 10.1 Å². The van der Waals surface area contributed by atoms with Gasteiger partial charge in [0, 0.05) is 17.7 Å². The summed E-state index contributed by atoms with van der Waals surface area (Å²) in [6.45, 7) is 0. The SMILES string of the molecule is COc1cccc(C#N)c1NC(=O)c1cc(Br)cn1C. The summed E-state index contributed by atoms with van der Waals surface area (Å²) >= 11 is 3.32. The van der Waals surface area contributed by atoms with Gasteiger partial charge < -0.3 is 14.6 Å². The van der Waals surface area contributed by atoms with Crippen LogP contribution in [0.1, 0.15) is 16.1 Å². The first-order valence-electron chi connectivity index (χ1n) is 5.77. The van der Waals surface area contributed by atoms with Crippen molar-refractivity contribution < 1.29 is 9.53 Å². The van der Waals surface area contributed by atoms with Crippen LogP contribution in [0.4, 0.5) is 5.69 Å². The van der Waals surface area contributed by atoms with Crippen LogP contribution in [0, 0.1) is 11.3 Å². The Balaban J connectivity index is 2.37. The number of amides is 1. The van der Waals surface area contributed by atoms with E-state index in [0.29, 0.717) is 22.7 Å². The highest BCUT2D eigenvalue weighted by molar-refractivity contribution is 9.10. The molecular weight excluding hydrogens is 322 g/mol. The average molecular weight is 334 g/mol. The molecule has 0 spiro atoms. The highest BCUT2D eigenvalue weighted by Gasteiger charge is 2.16. The lowest BCUT2D eigenvalue weighted by atomic mass is 10.1. The Morgan fingerprint density at radius 3 is 2.80 bits per heavy atom. The summed E-state index contributed by atoms with van der Waals surface area (Å²) in [6.07, 6.45) is 1.78. The monoisotopic (exact) mass is 333 g/mol. The molecule has 1 N–H and O–H groups in total. The maximum absolute atomic E-state index is 12.3. The fraction of sp³-hybridized carbons (Fsp3) is 0.143. The first kappa shape index (κ1) is 14.2. The lowest BCUT2D eigenvalue weighted by molar-refractivity contribution is 0.101. The highest BCUT2D eigenvalue weighted by Crippen LogP contribution is 2.28. The van der Waals surface area contributed by atoms with Crippen LogP contribution >= 0.6 is 15.9 Å². The summed E-state index contributed by atoms with van der Waals surface area (Å²) in [5.74, 6) is 0.143. The number of benzene rings is 1. The second kappa shape index (κ2) is 5.80. The minimum absolute atomic E-state index is 0.306. The number of anilines is 1. The molecule has 0 aliphatic heterocycles. The molecule has 0 fully saturated rings. The topological polar surface area (TPSA) is 67.0 Å². The second-order valence-corrected chi connectivity index (χ2v) is 5.02. The third-order valence-corrected chi connectivity index (χ3v) is 3.24. The Morgan fingerprint density at radius 2 is 2.25 bits per heavy atom. The van der Waals surface area contributed by atoms with Crippen LogP contribution in [0.25, 0.3) is 0 Å². The van der Waals surface area contributed by atoms with Crippen LogP contribution in [0.2, 0.25) is 0 Å². The first-order valence-corrected chi connectivity index (χ1v) is 6.56. The summed E-state index contributed by atoms with van der Waals surface area (Å²) in [5, 5.41) is 11.8. The maximum atomic E-state index is 12.3. The minimum Gasteiger partial charge on any atom is -0.495 e. The predicted octanol–water partition coefficient (Wildman–Crippen LogP) is 2.92. The van der Waals surface area contributed by atoms with E-state index in [-0.39, 0.29) is 5.91 Å². The molecule has 0 bridgehead atoms. The van der Waals surface area contributed by atoms with Gasteiger partial charge in [0.2, 0.25) is 0 Å². The Hall–Kier alpha value is -2.26. The number of nitrogens with one attached hydrogen (secondary N) is 1. The summed E-state index contributed by atoms with van der Waals surface area (Å²) in [6, 6.07) is 8.76. The van der Waals surface area contributed by atoms with E-state index in [1.807, 2.05) is 6.07 Å². The third kappa shape index (κ3) is 2.68. The van der Waals surface area contributed by atoms with Crippen molar-refractivity contribution >= 4 is 27.5 Å². The van der Waals surface area contributed by atoms with E-state index >= 15 is 0 Å². The molecule has 102 valence electrons. The summed E-state index contributed by atoms with van der Waals surface area (Å²) in [4.78, 5) is 12.3. The number of halogens is 1. The highest BCUT2D eigenvalue weighted by atomic mass is 79.9. The number of hydrogen-bond donors (Lipinski definition) is 1. The molecule has 0 saturated heterocycles. The van der Waals surface area contributed by atoms with Crippen molar-refractivity contribution in [1.29, 1.82) is 5.26 Å². The largest absolute Gasteiger partial charge is 0.495 e. The number of rotatable bonds is 3. The molecule has 6 heteroatoms. The van der Waals surface area contributed by atoms with E-state index < -0.39 is 0 Å². The molecular formula is C14H12BrN3O2. The molecule has 0 aliphatic rings. The van der Waals surface area contributed by atoms with Crippen LogP contribution in [-0.2, 0) is 7.05 Å².